The zero-order valence-electron chi connectivity index (χ0n) is 19.8. The van der Waals surface area contributed by atoms with Crippen molar-refractivity contribution in [1.82, 2.24) is 9.55 Å². The zero-order valence-corrected chi connectivity index (χ0v) is 19.8. The van der Waals surface area contributed by atoms with Crippen molar-refractivity contribution in [3.05, 3.63) is 99.2 Å². The average Bonchev–Trinajstić information content (AvgIpc) is 2.84. The molecule has 0 saturated heterocycles. The van der Waals surface area contributed by atoms with Crippen molar-refractivity contribution in [2.75, 3.05) is 29.0 Å². The van der Waals surface area contributed by atoms with E-state index in [-0.39, 0.29) is 43.0 Å². The van der Waals surface area contributed by atoms with E-state index in [1.165, 1.54) is 9.47 Å². The Balaban J connectivity index is 1.67. The van der Waals surface area contributed by atoms with Crippen LogP contribution in [-0.2, 0) is 11.3 Å². The van der Waals surface area contributed by atoms with Gasteiger partial charge in [0.1, 0.15) is 5.82 Å². The Labute approximate surface area is 203 Å². The molecule has 1 aromatic heterocycles. The number of fused-ring (bicyclic) bond motifs is 1. The number of aromatic amines is 1. The van der Waals surface area contributed by atoms with Gasteiger partial charge in [-0.1, -0.05) is 80.6 Å². The van der Waals surface area contributed by atoms with Crippen LogP contribution >= 0.6 is 0 Å². The smallest absolute Gasteiger partial charge is 0.330 e. The molecule has 0 atom stereocenters. The predicted octanol–water partition coefficient (Wildman–Crippen LogP) is 3.42. The SMILES string of the molecule is CC(C)CN(C(=O)CNc1cccc2ccccc12)c1c(N)n(Cc2ccccc2)c(=O)[nH]c1=O. The molecule has 0 fully saturated rings. The summed E-state index contributed by atoms with van der Waals surface area (Å²) < 4.78 is 1.28. The number of nitrogens with zero attached hydrogens (tertiary/aromatic N) is 2. The van der Waals surface area contributed by atoms with Crippen molar-refractivity contribution >= 4 is 33.9 Å². The largest absolute Gasteiger partial charge is 0.383 e. The lowest BCUT2D eigenvalue weighted by atomic mass is 10.1. The van der Waals surface area contributed by atoms with Gasteiger partial charge in [-0.05, 0) is 22.9 Å². The molecule has 8 heteroatoms. The number of hydrogen-bond acceptors (Lipinski definition) is 5. The summed E-state index contributed by atoms with van der Waals surface area (Å²) in [5.41, 5.74) is 6.70. The second-order valence-corrected chi connectivity index (χ2v) is 8.84. The first kappa shape index (κ1) is 23.8. The Hall–Kier alpha value is -4.33. The maximum atomic E-state index is 13.4. The minimum absolute atomic E-state index is 0.0149. The van der Waals surface area contributed by atoms with E-state index in [2.05, 4.69) is 10.3 Å². The van der Waals surface area contributed by atoms with Crippen LogP contribution < -0.4 is 27.2 Å². The average molecular weight is 472 g/mol. The number of H-pyrrole nitrogens is 1. The summed E-state index contributed by atoms with van der Waals surface area (Å²) in [7, 11) is 0. The quantitative estimate of drug-likeness (QED) is 0.364. The molecule has 0 bridgehead atoms. The standard InChI is InChI=1S/C27H29N5O3/c1-18(2)16-31(23(33)15-29-22-14-8-12-20-11-6-7-13-21(20)22)24-25(28)32(27(35)30-26(24)34)17-19-9-4-3-5-10-19/h3-14,18,29H,15-17,28H2,1-2H3,(H,30,34,35). The molecule has 8 nitrogen and oxygen atoms in total. The van der Waals surface area contributed by atoms with Gasteiger partial charge in [-0.25, -0.2) is 4.79 Å². The summed E-state index contributed by atoms with van der Waals surface area (Å²) >= 11 is 0. The highest BCUT2D eigenvalue weighted by Gasteiger charge is 2.25. The highest BCUT2D eigenvalue weighted by Crippen LogP contribution is 2.24. The van der Waals surface area contributed by atoms with Crippen LogP contribution in [0, 0.1) is 5.92 Å². The van der Waals surface area contributed by atoms with Crippen molar-refractivity contribution in [1.29, 1.82) is 0 Å². The number of amides is 1. The number of nitrogens with one attached hydrogen (secondary N) is 2. The Bertz CT molecular complexity index is 1450. The number of anilines is 3. The van der Waals surface area contributed by atoms with Crippen LogP contribution in [0.15, 0.2) is 82.4 Å². The van der Waals surface area contributed by atoms with Crippen LogP contribution in [-0.4, -0.2) is 28.5 Å². The first-order chi connectivity index (χ1) is 16.8. The summed E-state index contributed by atoms with van der Waals surface area (Å²) in [4.78, 5) is 42.6. The highest BCUT2D eigenvalue weighted by molar-refractivity contribution is 6.00. The summed E-state index contributed by atoms with van der Waals surface area (Å²) in [6.07, 6.45) is 0. The Morgan fingerprint density at radius 2 is 1.69 bits per heavy atom. The number of carbonyl (C=O) groups excluding carboxylic acids is 1. The van der Waals surface area contributed by atoms with Gasteiger partial charge < -0.3 is 16.0 Å². The molecule has 35 heavy (non-hydrogen) atoms. The molecule has 1 amide bonds. The Morgan fingerprint density at radius 1 is 1.00 bits per heavy atom. The number of hydrogen-bond donors (Lipinski definition) is 3. The number of benzene rings is 3. The lowest BCUT2D eigenvalue weighted by Gasteiger charge is -2.26. The van der Waals surface area contributed by atoms with Crippen LogP contribution in [0.4, 0.5) is 17.2 Å². The Morgan fingerprint density at radius 3 is 2.43 bits per heavy atom. The van der Waals surface area contributed by atoms with Crippen molar-refractivity contribution in [2.24, 2.45) is 5.92 Å². The van der Waals surface area contributed by atoms with Crippen molar-refractivity contribution in [3.8, 4) is 0 Å². The monoisotopic (exact) mass is 471 g/mol. The van der Waals surface area contributed by atoms with Crippen LogP contribution in [0.1, 0.15) is 19.4 Å². The summed E-state index contributed by atoms with van der Waals surface area (Å²) in [5.74, 6) is -0.305. The maximum absolute atomic E-state index is 13.4. The van der Waals surface area contributed by atoms with E-state index >= 15 is 0 Å². The van der Waals surface area contributed by atoms with E-state index in [0.717, 1.165) is 22.0 Å². The molecule has 0 aliphatic rings. The van der Waals surface area contributed by atoms with Gasteiger partial charge in [-0.3, -0.25) is 19.1 Å². The van der Waals surface area contributed by atoms with Crippen molar-refractivity contribution in [3.63, 3.8) is 0 Å². The molecule has 0 saturated carbocycles. The van der Waals surface area contributed by atoms with E-state index in [0.29, 0.717) is 0 Å². The van der Waals surface area contributed by atoms with Gasteiger partial charge in [0, 0.05) is 17.6 Å². The third-order valence-corrected chi connectivity index (χ3v) is 5.74. The summed E-state index contributed by atoms with van der Waals surface area (Å²) in [5, 5.41) is 5.25. The molecule has 4 N–H and O–H groups in total. The van der Waals surface area contributed by atoms with E-state index in [1.807, 2.05) is 86.6 Å². The second-order valence-electron chi connectivity index (χ2n) is 8.84. The fourth-order valence-electron chi connectivity index (χ4n) is 4.09. The second kappa shape index (κ2) is 10.3. The molecule has 0 aliphatic carbocycles. The normalized spacial score (nSPS) is 11.1. The number of carbonyl (C=O) groups is 1. The van der Waals surface area contributed by atoms with Gasteiger partial charge >= 0.3 is 5.69 Å². The molecule has 180 valence electrons. The molecule has 0 spiro atoms. The number of nitrogen functional groups attached to an aromatic ring is 1. The van der Waals surface area contributed by atoms with Gasteiger partial charge in [-0.15, -0.1) is 0 Å². The predicted molar refractivity (Wildman–Crippen MR) is 141 cm³/mol. The fraction of sp³-hybridized carbons (Fsp3) is 0.222. The third-order valence-electron chi connectivity index (χ3n) is 5.74. The molecule has 4 rings (SSSR count). The van der Waals surface area contributed by atoms with Gasteiger partial charge in [0.25, 0.3) is 5.56 Å². The van der Waals surface area contributed by atoms with Gasteiger partial charge in [0.05, 0.1) is 13.1 Å². The molecule has 1 heterocycles. The molecular weight excluding hydrogens is 442 g/mol. The number of rotatable bonds is 8. The summed E-state index contributed by atoms with van der Waals surface area (Å²) in [6.45, 7) is 4.29. The number of aromatic nitrogens is 2. The lowest BCUT2D eigenvalue weighted by Crippen LogP contribution is -2.44. The number of nitrogens with two attached hydrogens (primary N) is 1. The van der Waals surface area contributed by atoms with E-state index in [9.17, 15) is 14.4 Å². The van der Waals surface area contributed by atoms with Crippen LogP contribution in [0.3, 0.4) is 0 Å². The fourth-order valence-corrected chi connectivity index (χ4v) is 4.09. The first-order valence-electron chi connectivity index (χ1n) is 11.5. The van der Waals surface area contributed by atoms with E-state index in [1.54, 1.807) is 0 Å². The first-order valence-corrected chi connectivity index (χ1v) is 11.5. The maximum Gasteiger partial charge on any atom is 0.330 e. The molecule has 4 aromatic rings. The van der Waals surface area contributed by atoms with Crippen LogP contribution in [0.5, 0.6) is 0 Å². The van der Waals surface area contributed by atoms with E-state index < -0.39 is 11.2 Å². The van der Waals surface area contributed by atoms with E-state index in [4.69, 9.17) is 5.73 Å². The third kappa shape index (κ3) is 5.27. The molecule has 0 aliphatic heterocycles. The van der Waals surface area contributed by atoms with Crippen molar-refractivity contribution < 1.29 is 4.79 Å². The lowest BCUT2D eigenvalue weighted by molar-refractivity contribution is -0.117. The van der Waals surface area contributed by atoms with Gasteiger partial charge in [-0.2, -0.15) is 0 Å². The van der Waals surface area contributed by atoms with Gasteiger partial charge in [0.2, 0.25) is 5.91 Å². The zero-order chi connectivity index (χ0) is 24.9. The Kier molecular flexibility index (Phi) is 7.01. The topological polar surface area (TPSA) is 113 Å². The molecule has 0 unspecified atom stereocenters. The van der Waals surface area contributed by atoms with Gasteiger partial charge in [0.15, 0.2) is 5.69 Å². The molecule has 0 radical (unpaired) electrons. The van der Waals surface area contributed by atoms with Crippen LogP contribution in [0.25, 0.3) is 10.8 Å². The minimum atomic E-state index is -0.684. The van der Waals surface area contributed by atoms with Crippen molar-refractivity contribution in [2.45, 2.75) is 20.4 Å². The highest BCUT2D eigenvalue weighted by atomic mass is 16.2. The molecule has 3 aromatic carbocycles. The molecular formula is C27H29N5O3. The van der Waals surface area contributed by atoms with Crippen LogP contribution in [0.2, 0.25) is 0 Å². The summed E-state index contributed by atoms with van der Waals surface area (Å²) in [6, 6.07) is 23.0. The minimum Gasteiger partial charge on any atom is -0.383 e.